The number of aromatic nitrogens is 2. The number of alkyl halides is 1. The fourth-order valence-electron chi connectivity index (χ4n) is 7.69. The Kier molecular flexibility index (Phi) is 7.45. The van der Waals surface area contributed by atoms with E-state index in [2.05, 4.69) is 15.1 Å². The van der Waals surface area contributed by atoms with Gasteiger partial charge in [0.2, 0.25) is 11.5 Å². The molecule has 1 aliphatic heterocycles. The molecule has 5 aromatic rings. The Morgan fingerprint density at radius 1 is 0.918 bits per heavy atom. The summed E-state index contributed by atoms with van der Waals surface area (Å²) in [5.74, 6) is -0.804. The van der Waals surface area contributed by atoms with Gasteiger partial charge in [0.05, 0.1) is 12.7 Å². The van der Waals surface area contributed by atoms with Crippen molar-refractivity contribution in [1.82, 2.24) is 14.5 Å². The Bertz CT molecular complexity index is 2100. The maximum absolute atomic E-state index is 15.3. The molecular weight excluding hydrogens is 645 g/mol. The summed E-state index contributed by atoms with van der Waals surface area (Å²) in [6.07, 6.45) is 2.06. The van der Waals surface area contributed by atoms with E-state index in [-0.39, 0.29) is 36.0 Å². The van der Waals surface area contributed by atoms with Crippen LogP contribution in [0.3, 0.4) is 0 Å². The van der Waals surface area contributed by atoms with Gasteiger partial charge in [-0.3, -0.25) is 4.79 Å². The Hall–Kier alpha value is -4.87. The molecule has 250 valence electrons. The van der Waals surface area contributed by atoms with Gasteiger partial charge in [-0.05, 0) is 65.1 Å². The van der Waals surface area contributed by atoms with E-state index in [0.29, 0.717) is 35.2 Å². The van der Waals surface area contributed by atoms with Crippen LogP contribution in [0.5, 0.6) is 5.88 Å². The van der Waals surface area contributed by atoms with Crippen molar-refractivity contribution in [2.45, 2.75) is 67.8 Å². The summed E-state index contributed by atoms with van der Waals surface area (Å²) in [7, 11) is -3.88. The summed E-state index contributed by atoms with van der Waals surface area (Å²) in [5.41, 5.74) is 2.21. The number of halogens is 2. The quantitative estimate of drug-likeness (QED) is 0.160. The molecule has 1 aromatic heterocycles. The van der Waals surface area contributed by atoms with Crippen LogP contribution in [0.1, 0.15) is 52.3 Å². The molecule has 0 saturated heterocycles. The summed E-state index contributed by atoms with van der Waals surface area (Å²) < 4.78 is 65.0. The highest BCUT2D eigenvalue weighted by Crippen LogP contribution is 2.44. The monoisotopic (exact) mass is 679 g/mol. The largest absolute Gasteiger partial charge is 0.458 e. The summed E-state index contributed by atoms with van der Waals surface area (Å²) in [4.78, 5) is 14.0. The maximum atomic E-state index is 15.3. The summed E-state index contributed by atoms with van der Waals surface area (Å²) >= 11 is 0. The number of carbonyl (C=O) groups is 1. The zero-order valence-electron chi connectivity index (χ0n) is 26.8. The minimum Gasteiger partial charge on any atom is -0.458 e. The fourth-order valence-corrected chi connectivity index (χ4v) is 9.17. The van der Waals surface area contributed by atoms with E-state index < -0.39 is 33.1 Å². The Labute approximate surface area is 283 Å². The lowest BCUT2D eigenvalue weighted by Crippen LogP contribution is -2.47. The van der Waals surface area contributed by atoms with Gasteiger partial charge in [-0.25, -0.2) is 27.2 Å². The Morgan fingerprint density at radius 2 is 1.47 bits per heavy atom. The SMILES string of the molecule is CC1(C(=O)Nc2c3c(c(F)c4c2C[C@@H](F)C4)CCC3)Cn2ncc(S(=N)(=O)NC(c3ccccc3)(c3ccccc3)c3ccccc3)c2O1. The van der Waals surface area contributed by atoms with Crippen LogP contribution in [0.15, 0.2) is 102 Å². The van der Waals surface area contributed by atoms with Crippen LogP contribution >= 0.6 is 0 Å². The molecule has 1 amide bonds. The van der Waals surface area contributed by atoms with Gasteiger partial charge in [0, 0.05) is 18.5 Å². The minimum absolute atomic E-state index is 0.0000277. The van der Waals surface area contributed by atoms with Gasteiger partial charge in [-0.15, -0.1) is 0 Å². The van der Waals surface area contributed by atoms with Crippen molar-refractivity contribution in [3.8, 4) is 5.88 Å². The number of nitrogens with one attached hydrogen (secondary N) is 3. The van der Waals surface area contributed by atoms with Gasteiger partial charge < -0.3 is 10.1 Å². The first-order chi connectivity index (χ1) is 23.6. The highest BCUT2D eigenvalue weighted by molar-refractivity contribution is 7.90. The van der Waals surface area contributed by atoms with Gasteiger partial charge >= 0.3 is 0 Å². The first-order valence-electron chi connectivity index (χ1n) is 16.4. The van der Waals surface area contributed by atoms with E-state index in [1.165, 1.54) is 10.9 Å². The first kappa shape index (κ1) is 31.4. The van der Waals surface area contributed by atoms with E-state index in [1.807, 2.05) is 91.0 Å². The lowest BCUT2D eigenvalue weighted by atomic mass is 9.78. The number of fused-ring (bicyclic) bond motifs is 3. The zero-order chi connectivity index (χ0) is 34.0. The van der Waals surface area contributed by atoms with Gasteiger partial charge in [-0.2, -0.15) is 5.10 Å². The number of ether oxygens (including phenoxy) is 1. The highest BCUT2D eigenvalue weighted by Gasteiger charge is 2.48. The molecule has 0 fully saturated rings. The smallest absolute Gasteiger partial charge is 0.270 e. The molecule has 2 heterocycles. The van der Waals surface area contributed by atoms with Crippen LogP contribution < -0.4 is 14.8 Å². The molecule has 8 nitrogen and oxygen atoms in total. The topological polar surface area (TPSA) is 109 Å². The molecule has 0 saturated carbocycles. The first-order valence-corrected chi connectivity index (χ1v) is 18.0. The summed E-state index contributed by atoms with van der Waals surface area (Å²) in [6, 6.07) is 28.6. The van der Waals surface area contributed by atoms with Crippen molar-refractivity contribution in [2.75, 3.05) is 5.32 Å². The predicted octanol–water partition coefficient (Wildman–Crippen LogP) is 6.64. The third-order valence-electron chi connectivity index (χ3n) is 10.0. The molecule has 3 aliphatic rings. The van der Waals surface area contributed by atoms with Gasteiger partial charge in [0.25, 0.3) is 5.91 Å². The molecular formula is C38H35F2N5O3S. The van der Waals surface area contributed by atoms with Crippen LogP contribution in [0, 0.1) is 10.6 Å². The second-order valence-corrected chi connectivity index (χ2v) is 15.0. The number of hydrogen-bond acceptors (Lipinski definition) is 5. The second-order valence-electron chi connectivity index (χ2n) is 13.2. The average molecular weight is 680 g/mol. The van der Waals surface area contributed by atoms with Crippen LogP contribution in [0.25, 0.3) is 0 Å². The highest BCUT2D eigenvalue weighted by atomic mass is 32.2. The van der Waals surface area contributed by atoms with E-state index in [0.717, 1.165) is 28.7 Å². The van der Waals surface area contributed by atoms with Crippen molar-refractivity contribution in [3.05, 3.63) is 142 Å². The minimum atomic E-state index is -3.88. The lowest BCUT2D eigenvalue weighted by Gasteiger charge is -2.37. The average Bonchev–Trinajstić information content (AvgIpc) is 3.91. The molecule has 11 heteroatoms. The van der Waals surface area contributed by atoms with Crippen molar-refractivity contribution in [3.63, 3.8) is 0 Å². The molecule has 2 unspecified atom stereocenters. The second kappa shape index (κ2) is 11.6. The number of benzene rings is 4. The zero-order valence-corrected chi connectivity index (χ0v) is 27.7. The van der Waals surface area contributed by atoms with E-state index in [4.69, 9.17) is 4.74 Å². The normalized spacial score (nSPS) is 20.6. The molecule has 3 N–H and O–H groups in total. The maximum Gasteiger partial charge on any atom is 0.270 e. The van der Waals surface area contributed by atoms with Crippen LogP contribution in [0.4, 0.5) is 14.5 Å². The van der Waals surface area contributed by atoms with Crippen molar-refractivity contribution >= 4 is 21.5 Å². The number of nitrogens with zero attached hydrogens (tertiary/aromatic N) is 2. The van der Waals surface area contributed by atoms with Crippen LogP contribution in [0.2, 0.25) is 0 Å². The number of carbonyl (C=O) groups excluding carboxylic acids is 1. The predicted molar refractivity (Wildman–Crippen MR) is 182 cm³/mol. The molecule has 0 spiro atoms. The third-order valence-corrected chi connectivity index (χ3v) is 11.5. The third kappa shape index (κ3) is 5.06. The molecule has 4 aromatic carbocycles. The summed E-state index contributed by atoms with van der Waals surface area (Å²) in [6.45, 7) is 1.59. The molecule has 49 heavy (non-hydrogen) atoms. The Balaban J connectivity index is 1.15. The standard InChI is InChI=1S/C38H35F2N5O3S/c1-37(36(46)43-34-29-19-11-18-28(29)33(40)30-20-27(39)21-31(30)34)23-45-35(48-37)32(22-42-45)49(41,47)44-38(24-12-5-2-6-13-24,25-14-7-3-8-15-25)26-16-9-4-10-17-26/h2-10,12-17,22,27H,11,18-21,23H2,1H3,(H,43,46)(H2,41,44,47)/t27-,37?,49?/m0/s1. The van der Waals surface area contributed by atoms with E-state index in [9.17, 15) is 18.2 Å². The van der Waals surface area contributed by atoms with Crippen molar-refractivity contribution in [1.29, 1.82) is 4.78 Å². The molecule has 0 radical (unpaired) electrons. The van der Waals surface area contributed by atoms with Gasteiger partial charge in [-0.1, -0.05) is 91.0 Å². The molecule has 0 bridgehead atoms. The van der Waals surface area contributed by atoms with Crippen molar-refractivity contribution in [2.24, 2.45) is 0 Å². The summed E-state index contributed by atoms with van der Waals surface area (Å²) in [5, 5.41) is 7.39. The fraction of sp³-hybridized carbons (Fsp3) is 0.263. The lowest BCUT2D eigenvalue weighted by molar-refractivity contribution is -0.129. The van der Waals surface area contributed by atoms with E-state index >= 15 is 4.39 Å². The number of hydrogen-bond donors (Lipinski definition) is 3. The van der Waals surface area contributed by atoms with Crippen LogP contribution in [-0.4, -0.2) is 31.7 Å². The number of anilines is 1. The van der Waals surface area contributed by atoms with Crippen molar-refractivity contribution < 1.29 is 22.5 Å². The molecule has 3 atom stereocenters. The molecule has 8 rings (SSSR count). The Morgan fingerprint density at radius 3 is 2.06 bits per heavy atom. The molecule has 2 aliphatic carbocycles. The number of rotatable bonds is 8. The number of amides is 1. The van der Waals surface area contributed by atoms with Crippen LogP contribution in [-0.2, 0) is 52.5 Å². The van der Waals surface area contributed by atoms with Gasteiger partial charge in [0.15, 0.2) is 0 Å². The van der Waals surface area contributed by atoms with E-state index in [1.54, 1.807) is 6.92 Å². The van der Waals surface area contributed by atoms with Gasteiger partial charge in [0.1, 0.15) is 32.3 Å².